The van der Waals surface area contributed by atoms with Gasteiger partial charge in [0.1, 0.15) is 0 Å². The van der Waals surface area contributed by atoms with Crippen molar-refractivity contribution >= 4 is 32.2 Å². The van der Waals surface area contributed by atoms with Gasteiger partial charge in [0.25, 0.3) is 20.2 Å². The lowest BCUT2D eigenvalue weighted by molar-refractivity contribution is -0.151. The summed E-state index contributed by atoms with van der Waals surface area (Å²) in [5, 5.41) is -1.23. The minimum absolute atomic E-state index is 0.0658. The lowest BCUT2D eigenvalue weighted by Gasteiger charge is -2.17. The first-order valence-electron chi connectivity index (χ1n) is 8.02. The van der Waals surface area contributed by atoms with E-state index in [9.17, 15) is 26.4 Å². The normalized spacial score (nSPS) is 15.7. The third-order valence-electron chi connectivity index (χ3n) is 3.07. The summed E-state index contributed by atoms with van der Waals surface area (Å²) >= 11 is 0. The van der Waals surface area contributed by atoms with Crippen molar-refractivity contribution in [3.63, 3.8) is 0 Å². The van der Waals surface area contributed by atoms with Gasteiger partial charge in [0, 0.05) is 0 Å². The fraction of sp³-hybridized carbons (Fsp3) is 0.857. The van der Waals surface area contributed by atoms with E-state index in [0.29, 0.717) is 0 Å². The highest BCUT2D eigenvalue weighted by Gasteiger charge is 2.30. The Hall–Kier alpha value is -1.24. The highest BCUT2D eigenvalue weighted by molar-refractivity contribution is 7.88. The molecule has 0 aliphatic heterocycles. The van der Waals surface area contributed by atoms with Crippen molar-refractivity contribution in [2.75, 3.05) is 19.0 Å². The molecule has 0 bridgehead atoms. The summed E-state index contributed by atoms with van der Waals surface area (Å²) in [6.07, 6.45) is -3.04. The van der Waals surface area contributed by atoms with Crippen LogP contribution in [0.2, 0.25) is 0 Å². The number of hydrogen-bond acceptors (Lipinski definition) is 10. The van der Waals surface area contributed by atoms with E-state index in [1.54, 1.807) is 13.8 Å². The molecular formula is C14H26O10S2. The second-order valence-electron chi connectivity index (χ2n) is 5.33. The maximum absolute atomic E-state index is 12.0. The molecule has 3 unspecified atom stereocenters. The molecule has 3 atom stereocenters. The number of hydrogen-bond donors (Lipinski definition) is 0. The number of esters is 2. The first-order chi connectivity index (χ1) is 11.9. The Kier molecular flexibility index (Phi) is 10.3. The van der Waals surface area contributed by atoms with Gasteiger partial charge in [-0.25, -0.2) is 9.59 Å². The Morgan fingerprint density at radius 3 is 1.65 bits per heavy atom. The largest absolute Gasteiger partial charge is 0.464 e. The van der Waals surface area contributed by atoms with Gasteiger partial charge in [0.15, 0.2) is 12.2 Å². The second kappa shape index (κ2) is 10.8. The highest BCUT2D eigenvalue weighted by Crippen LogP contribution is 2.14. The zero-order chi connectivity index (χ0) is 20.5. The van der Waals surface area contributed by atoms with Crippen molar-refractivity contribution in [3.8, 4) is 0 Å². The first-order valence-corrected chi connectivity index (χ1v) is 11.1. The van der Waals surface area contributed by atoms with Gasteiger partial charge in [-0.3, -0.25) is 8.37 Å². The molecule has 0 saturated heterocycles. The maximum Gasteiger partial charge on any atom is 0.336 e. The third-order valence-corrected chi connectivity index (χ3v) is 6.17. The van der Waals surface area contributed by atoms with Crippen LogP contribution in [0.1, 0.15) is 41.0 Å². The van der Waals surface area contributed by atoms with Gasteiger partial charge in [0.2, 0.25) is 0 Å². The molecule has 0 aromatic heterocycles. The van der Waals surface area contributed by atoms with Crippen LogP contribution in [-0.2, 0) is 47.7 Å². The molecule has 0 aromatic rings. The quantitative estimate of drug-likeness (QED) is 0.322. The van der Waals surface area contributed by atoms with E-state index in [2.05, 4.69) is 13.7 Å². The van der Waals surface area contributed by atoms with Gasteiger partial charge in [-0.2, -0.15) is 16.8 Å². The monoisotopic (exact) mass is 418 g/mol. The maximum atomic E-state index is 12.0. The van der Waals surface area contributed by atoms with Gasteiger partial charge in [0.05, 0.1) is 24.2 Å². The summed E-state index contributed by atoms with van der Waals surface area (Å²) in [4.78, 5) is 22.8. The van der Waals surface area contributed by atoms with E-state index in [1.807, 2.05) is 0 Å². The lowest BCUT2D eigenvalue weighted by Crippen LogP contribution is -2.32. The van der Waals surface area contributed by atoms with Gasteiger partial charge in [-0.1, -0.05) is 0 Å². The molecule has 0 saturated carbocycles. The van der Waals surface area contributed by atoms with Gasteiger partial charge in [-0.15, -0.1) is 0 Å². The Labute approximate surface area is 154 Å². The van der Waals surface area contributed by atoms with Crippen LogP contribution in [0.3, 0.4) is 0 Å². The smallest absolute Gasteiger partial charge is 0.336 e. The Morgan fingerprint density at radius 1 is 0.808 bits per heavy atom. The molecular weight excluding hydrogens is 392 g/mol. The van der Waals surface area contributed by atoms with E-state index in [4.69, 9.17) is 4.18 Å². The van der Waals surface area contributed by atoms with Crippen molar-refractivity contribution in [1.29, 1.82) is 0 Å². The van der Waals surface area contributed by atoms with Gasteiger partial charge >= 0.3 is 11.9 Å². The molecule has 12 heteroatoms. The van der Waals surface area contributed by atoms with Crippen LogP contribution in [0.5, 0.6) is 0 Å². The fourth-order valence-corrected chi connectivity index (χ4v) is 4.10. The number of ether oxygens (including phenoxy) is 2. The molecule has 10 nitrogen and oxygen atoms in total. The summed E-state index contributed by atoms with van der Waals surface area (Å²) in [7, 11) is -8.38. The van der Waals surface area contributed by atoms with E-state index >= 15 is 0 Å². The van der Waals surface area contributed by atoms with Crippen LogP contribution in [0, 0.1) is 0 Å². The molecule has 0 spiro atoms. The number of carbonyl (C=O) groups excluding carboxylic acids is 2. The van der Waals surface area contributed by atoms with Crippen molar-refractivity contribution in [1.82, 2.24) is 0 Å². The van der Waals surface area contributed by atoms with Crippen LogP contribution in [0.25, 0.3) is 0 Å². The molecule has 0 aromatic carbocycles. The molecule has 154 valence electrons. The molecule has 26 heavy (non-hydrogen) atoms. The molecule has 0 radical (unpaired) electrons. The van der Waals surface area contributed by atoms with Crippen molar-refractivity contribution < 1.29 is 44.3 Å². The standard InChI is InChI=1S/C14H26O10S2/c1-6-21-13(15)11(4)23-25(17,18)9-8-10(3)26(19,20)24-12(5)14(16)22-7-2/h10-12H,6-9H2,1-5H3. The van der Waals surface area contributed by atoms with E-state index < -0.39 is 55.4 Å². The topological polar surface area (TPSA) is 139 Å². The van der Waals surface area contributed by atoms with Crippen LogP contribution < -0.4 is 0 Å². The SMILES string of the molecule is CCOC(=O)C(C)OS(=O)(=O)CCC(C)S(=O)(=O)OC(C)C(=O)OCC. The fourth-order valence-electron chi connectivity index (χ4n) is 1.62. The summed E-state index contributed by atoms with van der Waals surface area (Å²) in [6, 6.07) is 0. The van der Waals surface area contributed by atoms with Crippen LogP contribution >= 0.6 is 0 Å². The van der Waals surface area contributed by atoms with E-state index in [-0.39, 0.29) is 19.6 Å². The zero-order valence-corrected chi connectivity index (χ0v) is 17.1. The molecule has 0 amide bonds. The van der Waals surface area contributed by atoms with E-state index in [0.717, 1.165) is 0 Å². The average molecular weight is 418 g/mol. The molecule has 0 heterocycles. The minimum atomic E-state index is -4.21. The minimum Gasteiger partial charge on any atom is -0.464 e. The lowest BCUT2D eigenvalue weighted by atomic mass is 10.4. The Balaban J connectivity index is 4.72. The third kappa shape index (κ3) is 8.92. The molecule has 0 aliphatic rings. The van der Waals surface area contributed by atoms with Crippen molar-refractivity contribution in [3.05, 3.63) is 0 Å². The Morgan fingerprint density at radius 2 is 1.23 bits per heavy atom. The van der Waals surface area contributed by atoms with Crippen LogP contribution in [0.15, 0.2) is 0 Å². The summed E-state index contributed by atoms with van der Waals surface area (Å²) in [5.41, 5.74) is 0. The van der Waals surface area contributed by atoms with Crippen LogP contribution in [0.4, 0.5) is 0 Å². The number of rotatable bonds is 12. The van der Waals surface area contributed by atoms with Gasteiger partial charge < -0.3 is 9.47 Å². The summed E-state index contributed by atoms with van der Waals surface area (Å²) in [6.45, 7) is 6.90. The van der Waals surface area contributed by atoms with Crippen molar-refractivity contribution in [2.24, 2.45) is 0 Å². The zero-order valence-electron chi connectivity index (χ0n) is 15.5. The average Bonchev–Trinajstić information content (AvgIpc) is 2.52. The molecule has 0 N–H and O–H groups in total. The second-order valence-corrected chi connectivity index (χ2v) is 9.03. The van der Waals surface area contributed by atoms with E-state index in [1.165, 1.54) is 20.8 Å². The summed E-state index contributed by atoms with van der Waals surface area (Å²) in [5.74, 6) is -2.35. The molecule has 0 fully saturated rings. The number of carbonyl (C=O) groups is 2. The van der Waals surface area contributed by atoms with Crippen molar-refractivity contribution in [2.45, 2.75) is 58.5 Å². The van der Waals surface area contributed by atoms with Crippen LogP contribution in [-0.4, -0.2) is 65.2 Å². The molecule has 0 rings (SSSR count). The highest BCUT2D eigenvalue weighted by atomic mass is 32.2. The predicted octanol–water partition coefficient (Wildman–Crippen LogP) is 0.361. The predicted molar refractivity (Wildman–Crippen MR) is 91.1 cm³/mol. The molecule has 0 aliphatic carbocycles. The Bertz CT molecular complexity index is 668. The first kappa shape index (κ1) is 24.8. The van der Waals surface area contributed by atoms with Gasteiger partial charge in [-0.05, 0) is 41.0 Å². The summed E-state index contributed by atoms with van der Waals surface area (Å²) < 4.78 is 66.4.